The van der Waals surface area contributed by atoms with E-state index < -0.39 is 0 Å². The summed E-state index contributed by atoms with van der Waals surface area (Å²) in [6.45, 7) is 6.18. The van der Waals surface area contributed by atoms with Crippen molar-refractivity contribution in [2.24, 2.45) is 5.73 Å². The summed E-state index contributed by atoms with van der Waals surface area (Å²) in [4.78, 5) is 4.99. The lowest BCUT2D eigenvalue weighted by Crippen LogP contribution is -2.59. The van der Waals surface area contributed by atoms with Crippen molar-refractivity contribution < 1.29 is 4.74 Å². The predicted octanol–water partition coefficient (Wildman–Crippen LogP) is -0.650. The second kappa shape index (κ2) is 4.57. The Morgan fingerprint density at radius 3 is 2.71 bits per heavy atom. The average molecular weight is 199 g/mol. The molecule has 4 nitrogen and oxygen atoms in total. The maximum atomic E-state index is 5.62. The lowest BCUT2D eigenvalue weighted by atomic mass is 10.1. The molecule has 2 aliphatic rings. The summed E-state index contributed by atoms with van der Waals surface area (Å²) in [5, 5.41) is 0. The minimum absolute atomic E-state index is 0.648. The standard InChI is InChI=1S/C10H21N3O/c1-12-4-5-13(10-7-14-8-10)6-9(12)2-3-11/h9-10H,2-8,11H2,1H3. The third-order valence-electron chi connectivity index (χ3n) is 3.45. The predicted molar refractivity (Wildman–Crippen MR) is 56.3 cm³/mol. The molecule has 2 N–H and O–H groups in total. The number of nitrogens with two attached hydrogens (primary N) is 1. The molecule has 4 heteroatoms. The smallest absolute Gasteiger partial charge is 0.0645 e. The molecule has 2 fully saturated rings. The van der Waals surface area contributed by atoms with Crippen molar-refractivity contribution in [2.75, 3.05) is 46.4 Å². The Bertz CT molecular complexity index is 182. The van der Waals surface area contributed by atoms with Crippen LogP contribution in [0.25, 0.3) is 0 Å². The van der Waals surface area contributed by atoms with Gasteiger partial charge in [0.15, 0.2) is 0 Å². The van der Waals surface area contributed by atoms with Crippen LogP contribution >= 0.6 is 0 Å². The number of ether oxygens (including phenoxy) is 1. The van der Waals surface area contributed by atoms with Crippen molar-refractivity contribution in [3.05, 3.63) is 0 Å². The zero-order valence-corrected chi connectivity index (χ0v) is 8.98. The number of hydrogen-bond acceptors (Lipinski definition) is 4. The number of rotatable bonds is 3. The number of likely N-dealkylation sites (N-methyl/N-ethyl adjacent to an activating group) is 1. The Labute approximate surface area is 86.0 Å². The summed E-state index contributed by atoms with van der Waals surface area (Å²) >= 11 is 0. The highest BCUT2D eigenvalue weighted by Gasteiger charge is 2.31. The summed E-state index contributed by atoms with van der Waals surface area (Å²) in [5.41, 5.74) is 5.62. The van der Waals surface area contributed by atoms with E-state index in [1.54, 1.807) is 0 Å². The minimum atomic E-state index is 0.648. The topological polar surface area (TPSA) is 41.7 Å². The van der Waals surface area contributed by atoms with Gasteiger partial charge in [0.05, 0.1) is 19.3 Å². The summed E-state index contributed by atoms with van der Waals surface area (Å²) in [6, 6.07) is 1.33. The van der Waals surface area contributed by atoms with Crippen LogP contribution in [0.5, 0.6) is 0 Å². The average Bonchev–Trinajstić information content (AvgIpc) is 2.08. The molecule has 0 bridgehead atoms. The first kappa shape index (κ1) is 10.4. The first-order valence-electron chi connectivity index (χ1n) is 5.53. The summed E-state index contributed by atoms with van der Waals surface area (Å²) in [6.07, 6.45) is 1.11. The first-order chi connectivity index (χ1) is 6.81. The molecule has 0 aromatic carbocycles. The molecule has 2 heterocycles. The molecule has 82 valence electrons. The van der Waals surface area contributed by atoms with Gasteiger partial charge in [-0.1, -0.05) is 0 Å². The van der Waals surface area contributed by atoms with E-state index in [4.69, 9.17) is 10.5 Å². The van der Waals surface area contributed by atoms with Gasteiger partial charge in [0.1, 0.15) is 0 Å². The Morgan fingerprint density at radius 1 is 1.36 bits per heavy atom. The fourth-order valence-electron chi connectivity index (χ4n) is 2.24. The van der Waals surface area contributed by atoms with E-state index in [1.807, 2.05) is 0 Å². The highest BCUT2D eigenvalue weighted by Crippen LogP contribution is 2.17. The van der Waals surface area contributed by atoms with Gasteiger partial charge in [-0.05, 0) is 20.0 Å². The van der Waals surface area contributed by atoms with E-state index in [2.05, 4.69) is 16.8 Å². The Hall–Kier alpha value is -0.160. The number of piperazine rings is 1. The quantitative estimate of drug-likeness (QED) is 0.656. The van der Waals surface area contributed by atoms with Crippen molar-refractivity contribution in [1.29, 1.82) is 0 Å². The van der Waals surface area contributed by atoms with Crippen LogP contribution in [0.3, 0.4) is 0 Å². The molecule has 1 unspecified atom stereocenters. The van der Waals surface area contributed by atoms with Crippen LogP contribution < -0.4 is 5.73 Å². The first-order valence-corrected chi connectivity index (χ1v) is 5.53. The van der Waals surface area contributed by atoms with E-state index in [1.165, 1.54) is 19.6 Å². The monoisotopic (exact) mass is 199 g/mol. The lowest BCUT2D eigenvalue weighted by molar-refractivity contribution is -0.0840. The van der Waals surface area contributed by atoms with Crippen molar-refractivity contribution in [3.63, 3.8) is 0 Å². The fraction of sp³-hybridized carbons (Fsp3) is 1.00. The molecular formula is C10H21N3O. The van der Waals surface area contributed by atoms with Crippen molar-refractivity contribution >= 4 is 0 Å². The van der Waals surface area contributed by atoms with Crippen molar-refractivity contribution in [3.8, 4) is 0 Å². The molecule has 0 amide bonds. The van der Waals surface area contributed by atoms with Crippen molar-refractivity contribution in [1.82, 2.24) is 9.80 Å². The van der Waals surface area contributed by atoms with E-state index in [-0.39, 0.29) is 0 Å². The molecule has 14 heavy (non-hydrogen) atoms. The van der Waals surface area contributed by atoms with Gasteiger partial charge >= 0.3 is 0 Å². The Kier molecular flexibility index (Phi) is 3.38. The second-order valence-corrected chi connectivity index (χ2v) is 4.40. The van der Waals surface area contributed by atoms with E-state index in [0.29, 0.717) is 12.1 Å². The highest BCUT2D eigenvalue weighted by molar-refractivity contribution is 4.86. The largest absolute Gasteiger partial charge is 0.378 e. The Balaban J connectivity index is 1.84. The minimum Gasteiger partial charge on any atom is -0.378 e. The maximum absolute atomic E-state index is 5.62. The molecule has 2 rings (SSSR count). The normalized spacial score (nSPS) is 31.7. The second-order valence-electron chi connectivity index (χ2n) is 4.40. The van der Waals surface area contributed by atoms with Gasteiger partial charge < -0.3 is 15.4 Å². The SMILES string of the molecule is CN1CCN(C2COC2)CC1CCN. The third kappa shape index (κ3) is 2.08. The van der Waals surface area contributed by atoms with Crippen LogP contribution in [0.15, 0.2) is 0 Å². The summed E-state index contributed by atoms with van der Waals surface area (Å²) in [5.74, 6) is 0. The van der Waals surface area contributed by atoms with E-state index in [0.717, 1.165) is 26.2 Å². The molecule has 0 aromatic rings. The number of nitrogens with zero attached hydrogens (tertiary/aromatic N) is 2. The van der Waals surface area contributed by atoms with Gasteiger partial charge in [-0.3, -0.25) is 4.90 Å². The van der Waals surface area contributed by atoms with E-state index in [9.17, 15) is 0 Å². The summed E-state index contributed by atoms with van der Waals surface area (Å²) < 4.78 is 5.23. The molecule has 2 saturated heterocycles. The Morgan fingerprint density at radius 2 is 2.14 bits per heavy atom. The zero-order chi connectivity index (χ0) is 9.97. The maximum Gasteiger partial charge on any atom is 0.0645 e. The molecule has 0 aliphatic carbocycles. The molecule has 1 atom stereocenters. The van der Waals surface area contributed by atoms with Crippen LogP contribution in [0, 0.1) is 0 Å². The van der Waals surface area contributed by atoms with Crippen LogP contribution in [-0.2, 0) is 4.74 Å². The summed E-state index contributed by atoms with van der Waals surface area (Å²) in [7, 11) is 2.20. The molecule has 2 aliphatic heterocycles. The third-order valence-corrected chi connectivity index (χ3v) is 3.45. The van der Waals surface area contributed by atoms with Crippen LogP contribution in [0.4, 0.5) is 0 Å². The van der Waals surface area contributed by atoms with Crippen LogP contribution in [0.1, 0.15) is 6.42 Å². The van der Waals surface area contributed by atoms with Crippen molar-refractivity contribution in [2.45, 2.75) is 18.5 Å². The van der Waals surface area contributed by atoms with Crippen LogP contribution in [0.2, 0.25) is 0 Å². The van der Waals surface area contributed by atoms with Crippen LogP contribution in [-0.4, -0.2) is 68.3 Å². The molecular weight excluding hydrogens is 178 g/mol. The van der Waals surface area contributed by atoms with Gasteiger partial charge in [0.25, 0.3) is 0 Å². The van der Waals surface area contributed by atoms with Gasteiger partial charge in [-0.25, -0.2) is 0 Å². The molecule has 0 aromatic heterocycles. The zero-order valence-electron chi connectivity index (χ0n) is 8.98. The highest BCUT2D eigenvalue weighted by atomic mass is 16.5. The number of hydrogen-bond donors (Lipinski definition) is 1. The van der Waals surface area contributed by atoms with Gasteiger partial charge in [0, 0.05) is 25.7 Å². The lowest BCUT2D eigenvalue weighted by Gasteiger charge is -2.45. The van der Waals surface area contributed by atoms with Gasteiger partial charge in [0.2, 0.25) is 0 Å². The molecule has 0 saturated carbocycles. The molecule has 0 radical (unpaired) electrons. The fourth-order valence-corrected chi connectivity index (χ4v) is 2.24. The molecule has 0 spiro atoms. The van der Waals surface area contributed by atoms with Gasteiger partial charge in [-0.2, -0.15) is 0 Å². The van der Waals surface area contributed by atoms with E-state index >= 15 is 0 Å². The van der Waals surface area contributed by atoms with Gasteiger partial charge in [-0.15, -0.1) is 0 Å².